The van der Waals surface area contributed by atoms with Crippen LogP contribution in [0.3, 0.4) is 0 Å². The van der Waals surface area contributed by atoms with Crippen molar-refractivity contribution < 1.29 is 9.18 Å². The Kier molecular flexibility index (Phi) is 6.30. The zero-order valence-corrected chi connectivity index (χ0v) is 19.0. The summed E-state index contributed by atoms with van der Waals surface area (Å²) in [5.74, 6) is -0.527. The molecule has 1 aliphatic carbocycles. The normalized spacial score (nSPS) is 14.4. The molecule has 0 radical (unpaired) electrons. The first kappa shape index (κ1) is 22.1. The van der Waals surface area contributed by atoms with Crippen LogP contribution in [0.2, 0.25) is 0 Å². The van der Waals surface area contributed by atoms with Crippen LogP contribution < -0.4 is 10.9 Å². The molecule has 174 valence electrons. The molecular formula is C28H28FN3O2. The number of hydrogen-bond acceptors (Lipinski definition) is 2. The average Bonchev–Trinajstić information content (AvgIpc) is 3.17. The molecule has 34 heavy (non-hydrogen) atoms. The number of aromatic nitrogens is 2. The topological polar surface area (TPSA) is 56.0 Å². The van der Waals surface area contributed by atoms with Gasteiger partial charge in [0.15, 0.2) is 0 Å². The first-order chi connectivity index (χ1) is 16.6. The minimum absolute atomic E-state index is 0.110. The van der Waals surface area contributed by atoms with Crippen molar-refractivity contribution >= 4 is 16.8 Å². The summed E-state index contributed by atoms with van der Waals surface area (Å²) < 4.78 is 17.3. The van der Waals surface area contributed by atoms with Crippen LogP contribution in [0.15, 0.2) is 77.6 Å². The molecule has 5 rings (SSSR count). The van der Waals surface area contributed by atoms with E-state index in [0.29, 0.717) is 23.9 Å². The second-order valence-electron chi connectivity index (χ2n) is 8.96. The lowest BCUT2D eigenvalue weighted by molar-refractivity contribution is 0.0954. The molecule has 1 N–H and O–H groups in total. The Balaban J connectivity index is 1.46. The van der Waals surface area contributed by atoms with Gasteiger partial charge in [0.2, 0.25) is 0 Å². The summed E-state index contributed by atoms with van der Waals surface area (Å²) >= 11 is 0. The Bertz CT molecular complexity index is 1370. The SMILES string of the molecule is O=C(NCCc1cccc(F)c1)c1ccc2c(c1)c(=O)n(-c1ccccc1)n2C1CCCCC1. The molecular weight excluding hydrogens is 429 g/mol. The third-order valence-electron chi connectivity index (χ3n) is 6.65. The number of nitrogens with one attached hydrogen (secondary N) is 1. The number of fused-ring (bicyclic) bond motifs is 1. The van der Waals surface area contributed by atoms with E-state index in [4.69, 9.17) is 0 Å². The fraction of sp³-hybridized carbons (Fsp3) is 0.286. The molecule has 0 bridgehead atoms. The van der Waals surface area contributed by atoms with E-state index in [-0.39, 0.29) is 23.3 Å². The maximum Gasteiger partial charge on any atom is 0.279 e. The smallest absolute Gasteiger partial charge is 0.279 e. The maximum absolute atomic E-state index is 13.6. The fourth-order valence-electron chi connectivity index (χ4n) is 4.98. The van der Waals surface area contributed by atoms with Gasteiger partial charge in [-0.15, -0.1) is 0 Å². The number of nitrogens with zero attached hydrogens (tertiary/aromatic N) is 2. The van der Waals surface area contributed by atoms with Crippen molar-refractivity contribution in [1.29, 1.82) is 0 Å². The van der Waals surface area contributed by atoms with Gasteiger partial charge < -0.3 is 5.32 Å². The van der Waals surface area contributed by atoms with E-state index >= 15 is 0 Å². The third-order valence-corrected chi connectivity index (χ3v) is 6.65. The molecule has 0 spiro atoms. The van der Waals surface area contributed by atoms with Crippen molar-refractivity contribution in [3.05, 3.63) is 100 Å². The van der Waals surface area contributed by atoms with Gasteiger partial charge >= 0.3 is 0 Å². The van der Waals surface area contributed by atoms with Crippen LogP contribution in [-0.4, -0.2) is 21.8 Å². The highest BCUT2D eigenvalue weighted by Crippen LogP contribution is 2.31. The summed E-state index contributed by atoms with van der Waals surface area (Å²) in [5, 5.41) is 3.44. The van der Waals surface area contributed by atoms with Crippen molar-refractivity contribution in [2.45, 2.75) is 44.6 Å². The van der Waals surface area contributed by atoms with Crippen molar-refractivity contribution in [3.8, 4) is 5.69 Å². The van der Waals surface area contributed by atoms with Crippen LogP contribution in [0.1, 0.15) is 54.1 Å². The Morgan fingerprint density at radius 1 is 0.941 bits per heavy atom. The summed E-state index contributed by atoms with van der Waals surface area (Å²) in [5.41, 5.74) is 2.85. The lowest BCUT2D eigenvalue weighted by atomic mass is 9.95. The molecule has 5 nitrogen and oxygen atoms in total. The number of carbonyl (C=O) groups excluding carboxylic acids is 1. The largest absolute Gasteiger partial charge is 0.352 e. The van der Waals surface area contributed by atoms with Crippen LogP contribution in [0.4, 0.5) is 4.39 Å². The number of amides is 1. The summed E-state index contributed by atoms with van der Waals surface area (Å²) in [6, 6.07) is 21.7. The van der Waals surface area contributed by atoms with Gasteiger partial charge in [-0.25, -0.2) is 9.07 Å². The van der Waals surface area contributed by atoms with Crippen molar-refractivity contribution in [1.82, 2.24) is 14.7 Å². The molecule has 6 heteroatoms. The number of para-hydroxylation sites is 1. The predicted molar refractivity (Wildman–Crippen MR) is 132 cm³/mol. The molecule has 0 unspecified atom stereocenters. The predicted octanol–water partition coefficient (Wildman–Crippen LogP) is 5.41. The van der Waals surface area contributed by atoms with Crippen molar-refractivity contribution in [2.75, 3.05) is 6.54 Å². The van der Waals surface area contributed by atoms with Gasteiger partial charge in [-0.1, -0.05) is 49.6 Å². The van der Waals surface area contributed by atoms with E-state index < -0.39 is 0 Å². The zero-order valence-electron chi connectivity index (χ0n) is 19.0. The molecule has 1 fully saturated rings. The molecule has 1 aliphatic rings. The monoisotopic (exact) mass is 457 g/mol. The maximum atomic E-state index is 13.6. The van der Waals surface area contributed by atoms with E-state index in [1.54, 1.807) is 22.9 Å². The number of halogens is 1. The first-order valence-corrected chi connectivity index (χ1v) is 12.0. The fourth-order valence-corrected chi connectivity index (χ4v) is 4.98. The second-order valence-corrected chi connectivity index (χ2v) is 8.96. The Labute approximate surface area is 197 Å². The quantitative estimate of drug-likeness (QED) is 0.421. The van der Waals surface area contributed by atoms with E-state index in [2.05, 4.69) is 10.00 Å². The molecule has 1 saturated carbocycles. The average molecular weight is 458 g/mol. The first-order valence-electron chi connectivity index (χ1n) is 12.0. The summed E-state index contributed by atoms with van der Waals surface area (Å²) in [6.07, 6.45) is 6.14. The molecule has 1 amide bonds. The number of carbonyl (C=O) groups is 1. The number of hydrogen-bond donors (Lipinski definition) is 1. The van der Waals surface area contributed by atoms with Gasteiger partial charge in [-0.2, -0.15) is 0 Å². The lowest BCUT2D eigenvalue weighted by Crippen LogP contribution is -2.26. The molecule has 4 aromatic rings. The van der Waals surface area contributed by atoms with Crippen LogP contribution in [0.25, 0.3) is 16.6 Å². The van der Waals surface area contributed by atoms with Crippen molar-refractivity contribution in [2.24, 2.45) is 0 Å². The Morgan fingerprint density at radius 3 is 2.50 bits per heavy atom. The van der Waals surface area contributed by atoms with Gasteiger partial charge in [0, 0.05) is 12.1 Å². The second kappa shape index (κ2) is 9.67. The summed E-state index contributed by atoms with van der Waals surface area (Å²) in [6.45, 7) is 0.387. The van der Waals surface area contributed by atoms with Crippen LogP contribution in [-0.2, 0) is 6.42 Å². The standard InChI is InChI=1S/C28H28FN3O2/c29-22-9-7-8-20(18-22)16-17-30-27(33)21-14-15-26-25(19-21)28(34)32(24-12-5-2-6-13-24)31(26)23-10-3-1-4-11-23/h2,5-9,12-15,18-19,23H,1,3-4,10-11,16-17H2,(H,30,33). The van der Waals surface area contributed by atoms with E-state index in [1.807, 2.05) is 42.5 Å². The van der Waals surface area contributed by atoms with Crippen molar-refractivity contribution in [3.63, 3.8) is 0 Å². The Morgan fingerprint density at radius 2 is 1.74 bits per heavy atom. The lowest BCUT2D eigenvalue weighted by Gasteiger charge is -2.26. The third kappa shape index (κ3) is 4.40. The van der Waals surface area contributed by atoms with Gasteiger partial charge in [0.05, 0.1) is 22.6 Å². The molecule has 0 saturated heterocycles. The van der Waals surface area contributed by atoms with Gasteiger partial charge in [-0.05, 0) is 67.3 Å². The van der Waals surface area contributed by atoms with Crippen LogP contribution in [0.5, 0.6) is 0 Å². The van der Waals surface area contributed by atoms with Crippen LogP contribution in [0, 0.1) is 5.82 Å². The molecule has 1 aromatic heterocycles. The minimum Gasteiger partial charge on any atom is -0.352 e. The van der Waals surface area contributed by atoms with Crippen LogP contribution >= 0.6 is 0 Å². The van der Waals surface area contributed by atoms with Gasteiger partial charge in [0.25, 0.3) is 11.5 Å². The van der Waals surface area contributed by atoms with Gasteiger partial charge in [-0.3, -0.25) is 14.3 Å². The van der Waals surface area contributed by atoms with E-state index in [1.165, 1.54) is 18.6 Å². The highest BCUT2D eigenvalue weighted by atomic mass is 19.1. The van der Waals surface area contributed by atoms with E-state index in [0.717, 1.165) is 42.5 Å². The highest BCUT2D eigenvalue weighted by molar-refractivity contribution is 5.98. The number of rotatable bonds is 6. The minimum atomic E-state index is -0.286. The summed E-state index contributed by atoms with van der Waals surface area (Å²) in [7, 11) is 0. The summed E-state index contributed by atoms with van der Waals surface area (Å²) in [4.78, 5) is 26.4. The zero-order chi connectivity index (χ0) is 23.5. The molecule has 0 aliphatic heterocycles. The van der Waals surface area contributed by atoms with E-state index in [9.17, 15) is 14.0 Å². The molecule has 0 atom stereocenters. The highest BCUT2D eigenvalue weighted by Gasteiger charge is 2.24. The molecule has 3 aromatic carbocycles. The van der Waals surface area contributed by atoms with Gasteiger partial charge in [0.1, 0.15) is 5.82 Å². The molecule has 1 heterocycles. The Hall–Kier alpha value is -3.67. The number of benzene rings is 3.